The normalized spacial score (nSPS) is 26.2. The van der Waals surface area contributed by atoms with Gasteiger partial charge in [-0.3, -0.25) is 0 Å². The highest BCUT2D eigenvalue weighted by Gasteiger charge is 2.25. The van der Waals surface area contributed by atoms with Crippen molar-refractivity contribution < 1.29 is 9.47 Å². The van der Waals surface area contributed by atoms with Gasteiger partial charge in [0.25, 0.3) is 0 Å². The predicted molar refractivity (Wildman–Crippen MR) is 83.4 cm³/mol. The zero-order valence-corrected chi connectivity index (χ0v) is 12.9. The van der Waals surface area contributed by atoms with Crippen LogP contribution in [0.4, 0.5) is 5.69 Å². The fourth-order valence-electron chi connectivity index (χ4n) is 3.01. The van der Waals surface area contributed by atoms with Crippen LogP contribution in [0.5, 0.6) is 5.75 Å². The molecule has 20 heavy (non-hydrogen) atoms. The molecule has 3 atom stereocenters. The summed E-state index contributed by atoms with van der Waals surface area (Å²) in [6.07, 6.45) is 3.91. The van der Waals surface area contributed by atoms with Gasteiger partial charge in [-0.05, 0) is 43.2 Å². The van der Waals surface area contributed by atoms with Gasteiger partial charge in [-0.25, -0.2) is 0 Å². The van der Waals surface area contributed by atoms with Crippen molar-refractivity contribution in [2.45, 2.75) is 39.2 Å². The maximum absolute atomic E-state index is 5.66. The molecule has 1 aromatic rings. The van der Waals surface area contributed by atoms with Crippen molar-refractivity contribution >= 4 is 5.69 Å². The van der Waals surface area contributed by atoms with E-state index in [2.05, 4.69) is 31.3 Å². The molecule has 1 aliphatic rings. The van der Waals surface area contributed by atoms with E-state index in [1.807, 2.05) is 12.1 Å². The van der Waals surface area contributed by atoms with Gasteiger partial charge in [-0.15, -0.1) is 0 Å². The van der Waals surface area contributed by atoms with Gasteiger partial charge in [-0.2, -0.15) is 0 Å². The fourth-order valence-corrected chi connectivity index (χ4v) is 3.01. The summed E-state index contributed by atoms with van der Waals surface area (Å²) in [5.41, 5.74) is 1.16. The highest BCUT2D eigenvalue weighted by Crippen LogP contribution is 2.31. The molecule has 0 spiro atoms. The van der Waals surface area contributed by atoms with Crippen molar-refractivity contribution in [1.82, 2.24) is 0 Å². The lowest BCUT2D eigenvalue weighted by Crippen LogP contribution is -2.32. The second-order valence-corrected chi connectivity index (χ2v) is 6.02. The van der Waals surface area contributed by atoms with Crippen LogP contribution in [0, 0.1) is 11.8 Å². The minimum absolute atomic E-state index is 0.584. The molecule has 3 heteroatoms. The van der Waals surface area contributed by atoms with Crippen LogP contribution in [-0.2, 0) is 4.74 Å². The van der Waals surface area contributed by atoms with Gasteiger partial charge in [0, 0.05) is 24.9 Å². The standard InChI is InChI=1S/C17H27NO2/c1-13-7-8-17(14(2)11-13)18-15-5-4-6-16(12-15)20-10-9-19-3/h4-6,12-14,17-18H,7-11H2,1-3H3. The summed E-state index contributed by atoms with van der Waals surface area (Å²) in [6, 6.07) is 8.82. The minimum Gasteiger partial charge on any atom is -0.491 e. The SMILES string of the molecule is COCCOc1cccc(NC2CCC(C)CC2C)c1. The number of benzene rings is 1. The molecule has 1 saturated carbocycles. The van der Waals surface area contributed by atoms with E-state index in [9.17, 15) is 0 Å². The molecular formula is C17H27NO2. The Hall–Kier alpha value is -1.22. The predicted octanol–water partition coefficient (Wildman–Crippen LogP) is 3.95. The highest BCUT2D eigenvalue weighted by molar-refractivity contribution is 5.49. The molecule has 0 saturated heterocycles. The first-order chi connectivity index (χ1) is 9.69. The van der Waals surface area contributed by atoms with E-state index >= 15 is 0 Å². The third kappa shape index (κ3) is 4.41. The summed E-state index contributed by atoms with van der Waals surface area (Å²) in [6.45, 7) is 5.93. The van der Waals surface area contributed by atoms with Crippen LogP contribution >= 0.6 is 0 Å². The van der Waals surface area contributed by atoms with Gasteiger partial charge in [0.1, 0.15) is 12.4 Å². The van der Waals surface area contributed by atoms with Gasteiger partial charge in [-0.1, -0.05) is 19.9 Å². The van der Waals surface area contributed by atoms with Gasteiger partial charge >= 0.3 is 0 Å². The molecule has 0 radical (unpaired) electrons. The van der Waals surface area contributed by atoms with Crippen molar-refractivity contribution in [1.29, 1.82) is 0 Å². The third-order valence-corrected chi connectivity index (χ3v) is 4.17. The number of nitrogens with one attached hydrogen (secondary N) is 1. The zero-order chi connectivity index (χ0) is 14.4. The minimum atomic E-state index is 0.584. The monoisotopic (exact) mass is 277 g/mol. The Kier molecular flexibility index (Phi) is 5.72. The first-order valence-corrected chi connectivity index (χ1v) is 7.67. The lowest BCUT2D eigenvalue weighted by atomic mass is 9.80. The van der Waals surface area contributed by atoms with Crippen LogP contribution < -0.4 is 10.1 Å². The van der Waals surface area contributed by atoms with Crippen molar-refractivity contribution in [3.8, 4) is 5.75 Å². The second kappa shape index (κ2) is 7.53. The molecule has 0 heterocycles. The molecule has 0 bridgehead atoms. The Balaban J connectivity index is 1.90. The highest BCUT2D eigenvalue weighted by atomic mass is 16.5. The fraction of sp³-hybridized carbons (Fsp3) is 0.647. The number of hydrogen-bond donors (Lipinski definition) is 1. The molecule has 3 nitrogen and oxygen atoms in total. The van der Waals surface area contributed by atoms with E-state index in [-0.39, 0.29) is 0 Å². The van der Waals surface area contributed by atoms with E-state index in [1.165, 1.54) is 19.3 Å². The molecule has 112 valence electrons. The average molecular weight is 277 g/mol. The topological polar surface area (TPSA) is 30.5 Å². The second-order valence-electron chi connectivity index (χ2n) is 6.02. The van der Waals surface area contributed by atoms with Crippen molar-refractivity contribution in [2.75, 3.05) is 25.6 Å². The lowest BCUT2D eigenvalue weighted by Gasteiger charge is -2.33. The molecule has 3 unspecified atom stereocenters. The number of rotatable bonds is 6. The van der Waals surface area contributed by atoms with Crippen LogP contribution in [-0.4, -0.2) is 26.4 Å². The molecule has 0 aliphatic heterocycles. The maximum Gasteiger partial charge on any atom is 0.121 e. The van der Waals surface area contributed by atoms with E-state index in [0.717, 1.165) is 23.3 Å². The van der Waals surface area contributed by atoms with Crippen LogP contribution in [0.3, 0.4) is 0 Å². The summed E-state index contributed by atoms with van der Waals surface area (Å²) in [5, 5.41) is 3.67. The number of hydrogen-bond acceptors (Lipinski definition) is 3. The molecule has 1 aromatic carbocycles. The molecular weight excluding hydrogens is 250 g/mol. The average Bonchev–Trinajstić information content (AvgIpc) is 2.43. The van der Waals surface area contributed by atoms with Crippen molar-refractivity contribution in [3.63, 3.8) is 0 Å². The number of anilines is 1. The van der Waals surface area contributed by atoms with Gasteiger partial charge in [0.15, 0.2) is 0 Å². The first kappa shape index (κ1) is 15.2. The van der Waals surface area contributed by atoms with Crippen LogP contribution in [0.15, 0.2) is 24.3 Å². The maximum atomic E-state index is 5.66. The van der Waals surface area contributed by atoms with Gasteiger partial charge in [0.2, 0.25) is 0 Å². The van der Waals surface area contributed by atoms with Gasteiger partial charge in [0.05, 0.1) is 6.61 Å². The Morgan fingerprint density at radius 2 is 2.05 bits per heavy atom. The van der Waals surface area contributed by atoms with E-state index in [0.29, 0.717) is 19.3 Å². The summed E-state index contributed by atoms with van der Waals surface area (Å²) in [7, 11) is 1.69. The third-order valence-electron chi connectivity index (χ3n) is 4.17. The Morgan fingerprint density at radius 3 is 2.80 bits per heavy atom. The summed E-state index contributed by atoms with van der Waals surface area (Å²) >= 11 is 0. The molecule has 0 aromatic heterocycles. The Labute approximate surface area is 122 Å². The van der Waals surface area contributed by atoms with Crippen molar-refractivity contribution in [2.24, 2.45) is 11.8 Å². The Bertz CT molecular complexity index is 408. The largest absolute Gasteiger partial charge is 0.491 e. The van der Waals surface area contributed by atoms with E-state index in [4.69, 9.17) is 9.47 Å². The van der Waals surface area contributed by atoms with Crippen LogP contribution in [0.2, 0.25) is 0 Å². The van der Waals surface area contributed by atoms with Gasteiger partial charge < -0.3 is 14.8 Å². The molecule has 1 N–H and O–H groups in total. The molecule has 1 aliphatic carbocycles. The smallest absolute Gasteiger partial charge is 0.121 e. The van der Waals surface area contributed by atoms with E-state index < -0.39 is 0 Å². The number of methoxy groups -OCH3 is 1. The Morgan fingerprint density at radius 1 is 1.20 bits per heavy atom. The number of ether oxygens (including phenoxy) is 2. The van der Waals surface area contributed by atoms with Crippen LogP contribution in [0.1, 0.15) is 33.1 Å². The van der Waals surface area contributed by atoms with Crippen molar-refractivity contribution in [3.05, 3.63) is 24.3 Å². The molecule has 0 amide bonds. The van der Waals surface area contributed by atoms with Crippen LogP contribution in [0.25, 0.3) is 0 Å². The summed E-state index contributed by atoms with van der Waals surface area (Å²) < 4.78 is 10.7. The molecule has 1 fully saturated rings. The lowest BCUT2D eigenvalue weighted by molar-refractivity contribution is 0.146. The van der Waals surface area contributed by atoms with E-state index in [1.54, 1.807) is 7.11 Å². The zero-order valence-electron chi connectivity index (χ0n) is 12.9. The summed E-state index contributed by atoms with van der Waals surface area (Å²) in [4.78, 5) is 0. The quantitative estimate of drug-likeness (QED) is 0.799. The summed E-state index contributed by atoms with van der Waals surface area (Å²) in [5.74, 6) is 2.51. The molecule has 2 rings (SSSR count). The first-order valence-electron chi connectivity index (χ1n) is 7.67.